The molecule has 1 amide bonds. The molecule has 0 unspecified atom stereocenters. The molecule has 2 aliphatic rings. The maximum atomic E-state index is 13.4. The third kappa shape index (κ3) is 3.66. The highest BCUT2D eigenvalue weighted by Crippen LogP contribution is 2.39. The summed E-state index contributed by atoms with van der Waals surface area (Å²) in [6, 6.07) is 17.2. The van der Waals surface area contributed by atoms with Crippen molar-refractivity contribution in [2.45, 2.75) is 16.4 Å². The van der Waals surface area contributed by atoms with Crippen molar-refractivity contribution < 1.29 is 9.53 Å². The van der Waals surface area contributed by atoms with E-state index in [1.807, 2.05) is 64.2 Å². The third-order valence-corrected chi connectivity index (χ3v) is 6.72. The molecule has 9 heteroatoms. The first-order valence-electron chi connectivity index (χ1n) is 9.77. The van der Waals surface area contributed by atoms with Crippen molar-refractivity contribution in [3.05, 3.63) is 65.2 Å². The van der Waals surface area contributed by atoms with Gasteiger partial charge in [0.25, 0.3) is 0 Å². The van der Waals surface area contributed by atoms with E-state index in [1.54, 1.807) is 0 Å². The molecule has 1 aromatic heterocycles. The van der Waals surface area contributed by atoms with Gasteiger partial charge in [0.1, 0.15) is 5.25 Å². The molecule has 2 atom stereocenters. The number of nitrogens with zero attached hydrogens (tertiary/aromatic N) is 4. The predicted octanol–water partition coefficient (Wildman–Crippen LogP) is 3.22. The van der Waals surface area contributed by atoms with Crippen molar-refractivity contribution >= 4 is 29.3 Å². The van der Waals surface area contributed by atoms with Gasteiger partial charge in [0.15, 0.2) is 5.82 Å². The Bertz CT molecular complexity index is 1040. The van der Waals surface area contributed by atoms with Gasteiger partial charge < -0.3 is 15.1 Å². The molecule has 2 aromatic carbocycles. The second-order valence-electron chi connectivity index (χ2n) is 7.14. The number of thioether (sulfide) groups is 1. The quantitative estimate of drug-likeness (QED) is 0.672. The van der Waals surface area contributed by atoms with Crippen molar-refractivity contribution in [2.75, 3.05) is 31.7 Å². The second-order valence-corrected chi connectivity index (χ2v) is 8.69. The van der Waals surface area contributed by atoms with E-state index in [2.05, 4.69) is 15.6 Å². The highest BCUT2D eigenvalue weighted by Gasteiger charge is 2.40. The van der Waals surface area contributed by atoms with Gasteiger partial charge in [-0.2, -0.15) is 0 Å². The number of carbonyl (C=O) groups is 1. The molecule has 2 aliphatic heterocycles. The number of aromatic nitrogens is 3. The van der Waals surface area contributed by atoms with Crippen LogP contribution < -0.4 is 5.43 Å². The smallest absolute Gasteiger partial charge is 0.238 e. The summed E-state index contributed by atoms with van der Waals surface area (Å²) in [6.07, 6.45) is 0. The SMILES string of the molecule is O=C([C@H]1Sc2nnc(-c3ccccc3)n2N[C@@H]1c1ccc(Cl)cc1)N1CCOCC1. The lowest BCUT2D eigenvalue weighted by Crippen LogP contribution is -2.49. The number of hydrogen-bond donors (Lipinski definition) is 1. The van der Waals surface area contributed by atoms with E-state index < -0.39 is 0 Å². The van der Waals surface area contributed by atoms with Crippen LogP contribution >= 0.6 is 23.4 Å². The van der Waals surface area contributed by atoms with Crippen LogP contribution in [0.5, 0.6) is 0 Å². The van der Waals surface area contributed by atoms with Crippen molar-refractivity contribution in [1.29, 1.82) is 0 Å². The van der Waals surface area contributed by atoms with Gasteiger partial charge in [0.05, 0.1) is 19.3 Å². The maximum Gasteiger partial charge on any atom is 0.238 e. The monoisotopic (exact) mass is 441 g/mol. The van der Waals surface area contributed by atoms with E-state index in [0.717, 1.165) is 11.1 Å². The first-order chi connectivity index (χ1) is 14.7. The van der Waals surface area contributed by atoms with Crippen molar-refractivity contribution in [3.63, 3.8) is 0 Å². The Labute approximate surface area is 183 Å². The lowest BCUT2D eigenvalue weighted by molar-refractivity contribution is -0.135. The van der Waals surface area contributed by atoms with E-state index in [9.17, 15) is 4.79 Å². The largest absolute Gasteiger partial charge is 0.378 e. The van der Waals surface area contributed by atoms with Crippen LogP contribution in [0.25, 0.3) is 11.4 Å². The van der Waals surface area contributed by atoms with Gasteiger partial charge >= 0.3 is 0 Å². The van der Waals surface area contributed by atoms with Crippen molar-refractivity contribution in [1.82, 2.24) is 19.8 Å². The first-order valence-corrected chi connectivity index (χ1v) is 11.0. The fourth-order valence-electron chi connectivity index (χ4n) is 3.70. The summed E-state index contributed by atoms with van der Waals surface area (Å²) < 4.78 is 7.29. The number of carbonyl (C=O) groups excluding carboxylic acids is 1. The Morgan fingerprint density at radius 2 is 1.80 bits per heavy atom. The molecule has 5 rings (SSSR count). The summed E-state index contributed by atoms with van der Waals surface area (Å²) in [5.41, 5.74) is 5.44. The van der Waals surface area contributed by atoms with Crippen LogP contribution in [-0.4, -0.2) is 57.2 Å². The highest BCUT2D eigenvalue weighted by molar-refractivity contribution is 8.00. The number of hydrogen-bond acceptors (Lipinski definition) is 6. The summed E-state index contributed by atoms with van der Waals surface area (Å²) in [6.45, 7) is 2.34. The molecule has 7 nitrogen and oxygen atoms in total. The van der Waals surface area contributed by atoms with Crippen LogP contribution in [0.15, 0.2) is 59.8 Å². The Morgan fingerprint density at radius 3 is 2.53 bits per heavy atom. The molecule has 30 heavy (non-hydrogen) atoms. The van der Waals surface area contributed by atoms with E-state index >= 15 is 0 Å². The zero-order valence-corrected chi connectivity index (χ0v) is 17.6. The Hall–Kier alpha value is -2.55. The van der Waals surface area contributed by atoms with Crippen LogP contribution in [-0.2, 0) is 9.53 Å². The summed E-state index contributed by atoms with van der Waals surface area (Å²) in [7, 11) is 0. The molecule has 0 aliphatic carbocycles. The van der Waals surface area contributed by atoms with Crippen LogP contribution in [0.3, 0.4) is 0 Å². The minimum absolute atomic E-state index is 0.0752. The van der Waals surface area contributed by atoms with Gasteiger partial charge in [-0.15, -0.1) is 10.2 Å². The van der Waals surface area contributed by atoms with Gasteiger partial charge in [-0.05, 0) is 17.7 Å². The van der Waals surface area contributed by atoms with E-state index in [0.29, 0.717) is 42.3 Å². The van der Waals surface area contributed by atoms with Crippen molar-refractivity contribution in [2.24, 2.45) is 0 Å². The number of benzene rings is 2. The lowest BCUT2D eigenvalue weighted by atomic mass is 10.0. The third-order valence-electron chi connectivity index (χ3n) is 5.26. The molecule has 1 saturated heterocycles. The maximum absolute atomic E-state index is 13.4. The standard InChI is InChI=1S/C21H20ClN5O2S/c22-16-8-6-14(7-9-16)17-18(20(28)26-10-12-29-13-11-26)30-21-24-23-19(27(21)25-17)15-4-2-1-3-5-15/h1-9,17-18,25H,10-13H2/t17-,18+/m1/s1. The zero-order valence-electron chi connectivity index (χ0n) is 16.1. The first kappa shape index (κ1) is 19.4. The van der Waals surface area contributed by atoms with Crippen LogP contribution in [0, 0.1) is 0 Å². The summed E-state index contributed by atoms with van der Waals surface area (Å²) in [5.74, 6) is 0.792. The van der Waals surface area contributed by atoms with E-state index in [-0.39, 0.29) is 17.2 Å². The average molecular weight is 442 g/mol. The average Bonchev–Trinajstić information content (AvgIpc) is 3.22. The fourth-order valence-corrected chi connectivity index (χ4v) is 4.99. The molecule has 3 heterocycles. The van der Waals surface area contributed by atoms with Gasteiger partial charge in [0, 0.05) is 23.7 Å². The molecule has 0 bridgehead atoms. The molecule has 0 spiro atoms. The lowest BCUT2D eigenvalue weighted by Gasteiger charge is -2.37. The molecule has 0 radical (unpaired) electrons. The number of nitrogens with one attached hydrogen (secondary N) is 1. The highest BCUT2D eigenvalue weighted by atomic mass is 35.5. The second kappa shape index (κ2) is 8.29. The van der Waals surface area contributed by atoms with Crippen LogP contribution in [0.1, 0.15) is 11.6 Å². The number of fused-ring (bicyclic) bond motifs is 1. The summed E-state index contributed by atoms with van der Waals surface area (Å²) in [5, 5.41) is 9.69. The van der Waals surface area contributed by atoms with Crippen LogP contribution in [0.2, 0.25) is 5.02 Å². The molecule has 154 valence electrons. The Morgan fingerprint density at radius 1 is 1.07 bits per heavy atom. The number of rotatable bonds is 3. The van der Waals surface area contributed by atoms with Gasteiger partial charge in [0.2, 0.25) is 11.1 Å². The molecule has 0 saturated carbocycles. The number of halogens is 1. The van der Waals surface area contributed by atoms with Gasteiger partial charge in [-0.3, -0.25) is 4.79 Å². The Kier molecular flexibility index (Phi) is 5.37. The Balaban J connectivity index is 1.53. The molecule has 1 N–H and O–H groups in total. The van der Waals surface area contributed by atoms with Gasteiger partial charge in [-0.25, -0.2) is 4.68 Å². The van der Waals surface area contributed by atoms with E-state index in [4.69, 9.17) is 16.3 Å². The van der Waals surface area contributed by atoms with E-state index in [1.165, 1.54) is 11.8 Å². The van der Waals surface area contributed by atoms with Crippen LogP contribution in [0.4, 0.5) is 0 Å². The topological polar surface area (TPSA) is 72.3 Å². The number of amides is 1. The molecular weight excluding hydrogens is 422 g/mol. The van der Waals surface area contributed by atoms with Crippen molar-refractivity contribution in [3.8, 4) is 11.4 Å². The minimum atomic E-state index is -0.371. The predicted molar refractivity (Wildman–Crippen MR) is 116 cm³/mol. The summed E-state index contributed by atoms with van der Waals surface area (Å²) in [4.78, 5) is 15.3. The zero-order chi connectivity index (χ0) is 20.5. The summed E-state index contributed by atoms with van der Waals surface area (Å²) >= 11 is 7.54. The number of morpholine rings is 1. The van der Waals surface area contributed by atoms with Gasteiger partial charge in [-0.1, -0.05) is 65.8 Å². The molecule has 3 aromatic rings. The molecule has 1 fully saturated rings. The molecular formula is C21H20ClN5O2S. The fraction of sp³-hybridized carbons (Fsp3) is 0.286. The normalized spacial score (nSPS) is 21.0. The minimum Gasteiger partial charge on any atom is -0.378 e. The number of ether oxygens (including phenoxy) is 1.